The van der Waals surface area contributed by atoms with Crippen LogP contribution in [0.3, 0.4) is 0 Å². The molecular formula is C23H28O2S2. The van der Waals surface area contributed by atoms with E-state index in [9.17, 15) is 0 Å². The van der Waals surface area contributed by atoms with Gasteiger partial charge >= 0.3 is 0 Å². The first-order valence-corrected chi connectivity index (χ1v) is 11.8. The molecule has 0 bridgehead atoms. The second-order valence-electron chi connectivity index (χ2n) is 7.96. The molecule has 0 saturated carbocycles. The van der Waals surface area contributed by atoms with Gasteiger partial charge in [0.2, 0.25) is 0 Å². The highest BCUT2D eigenvalue weighted by Crippen LogP contribution is 2.33. The van der Waals surface area contributed by atoms with E-state index >= 15 is 0 Å². The molecule has 0 amide bonds. The van der Waals surface area contributed by atoms with Gasteiger partial charge in [0, 0.05) is 27.4 Å². The zero-order chi connectivity index (χ0) is 18.7. The first-order chi connectivity index (χ1) is 13.1. The first-order valence-electron chi connectivity index (χ1n) is 9.69. The van der Waals surface area contributed by atoms with Crippen molar-refractivity contribution < 1.29 is 9.47 Å². The molecule has 0 aliphatic carbocycles. The van der Waals surface area contributed by atoms with Crippen LogP contribution in [-0.2, 0) is 28.1 Å². The highest BCUT2D eigenvalue weighted by atomic mass is 32.2. The SMILES string of the molecule is CC(C)(c1ccc(COCC2CS2)cc1)c1ccc(COCC2CS2)cc1. The van der Waals surface area contributed by atoms with E-state index in [0.29, 0.717) is 13.2 Å². The predicted octanol–water partition coefficient (Wildman–Crippen LogP) is 5.28. The van der Waals surface area contributed by atoms with Crippen LogP contribution in [0.5, 0.6) is 0 Å². The molecule has 2 aromatic carbocycles. The van der Waals surface area contributed by atoms with E-state index in [1.165, 1.54) is 33.8 Å². The average Bonchev–Trinajstić information content (AvgIpc) is 3.58. The van der Waals surface area contributed by atoms with Crippen LogP contribution < -0.4 is 0 Å². The normalized spacial score (nSPS) is 21.3. The summed E-state index contributed by atoms with van der Waals surface area (Å²) >= 11 is 3.96. The van der Waals surface area contributed by atoms with Gasteiger partial charge in [-0.15, -0.1) is 0 Å². The highest BCUT2D eigenvalue weighted by Gasteiger charge is 2.24. The van der Waals surface area contributed by atoms with Gasteiger partial charge in [0.05, 0.1) is 26.4 Å². The van der Waals surface area contributed by atoms with Gasteiger partial charge in [0.1, 0.15) is 0 Å². The summed E-state index contributed by atoms with van der Waals surface area (Å²) in [4.78, 5) is 0. The van der Waals surface area contributed by atoms with E-state index in [0.717, 1.165) is 23.7 Å². The zero-order valence-corrected chi connectivity index (χ0v) is 17.8. The maximum Gasteiger partial charge on any atom is 0.0717 e. The van der Waals surface area contributed by atoms with Crippen molar-refractivity contribution in [3.05, 3.63) is 70.8 Å². The lowest BCUT2D eigenvalue weighted by Crippen LogP contribution is -2.19. The van der Waals surface area contributed by atoms with Gasteiger partial charge < -0.3 is 9.47 Å². The van der Waals surface area contributed by atoms with Crippen LogP contribution in [-0.4, -0.2) is 35.2 Å². The molecule has 2 heterocycles. The van der Waals surface area contributed by atoms with Gasteiger partial charge in [-0.2, -0.15) is 23.5 Å². The maximum absolute atomic E-state index is 5.78. The number of ether oxygens (including phenoxy) is 2. The molecule has 2 aliphatic heterocycles. The van der Waals surface area contributed by atoms with Gasteiger partial charge in [-0.05, 0) is 22.3 Å². The fourth-order valence-corrected chi connectivity index (χ4v) is 4.00. The Morgan fingerprint density at radius 2 is 1.11 bits per heavy atom. The largest absolute Gasteiger partial charge is 0.376 e. The van der Waals surface area contributed by atoms with E-state index in [4.69, 9.17) is 9.47 Å². The predicted molar refractivity (Wildman–Crippen MR) is 117 cm³/mol. The second kappa shape index (κ2) is 8.60. The van der Waals surface area contributed by atoms with E-state index < -0.39 is 0 Å². The molecule has 27 heavy (non-hydrogen) atoms. The minimum absolute atomic E-state index is 0.0198. The first kappa shape index (κ1) is 19.4. The lowest BCUT2D eigenvalue weighted by molar-refractivity contribution is 0.128. The number of benzene rings is 2. The third kappa shape index (κ3) is 5.54. The fraction of sp³-hybridized carbons (Fsp3) is 0.478. The third-order valence-electron chi connectivity index (χ3n) is 5.30. The van der Waals surface area contributed by atoms with Crippen molar-refractivity contribution in [2.45, 2.75) is 43.0 Å². The summed E-state index contributed by atoms with van der Waals surface area (Å²) in [5, 5.41) is 1.48. The Labute approximate surface area is 171 Å². The maximum atomic E-state index is 5.78. The lowest BCUT2D eigenvalue weighted by atomic mass is 9.78. The summed E-state index contributed by atoms with van der Waals surface area (Å²) in [5.41, 5.74) is 5.15. The lowest BCUT2D eigenvalue weighted by Gasteiger charge is -2.26. The Bertz CT molecular complexity index is 668. The van der Waals surface area contributed by atoms with Gasteiger partial charge in [-0.1, -0.05) is 62.4 Å². The van der Waals surface area contributed by atoms with Crippen LogP contribution in [0.4, 0.5) is 0 Å². The van der Waals surface area contributed by atoms with Crippen molar-refractivity contribution in [2.75, 3.05) is 24.7 Å². The van der Waals surface area contributed by atoms with Crippen LogP contribution in [0.25, 0.3) is 0 Å². The molecule has 2 unspecified atom stereocenters. The molecule has 0 N–H and O–H groups in total. The monoisotopic (exact) mass is 400 g/mol. The quantitative estimate of drug-likeness (QED) is 0.505. The minimum atomic E-state index is -0.0198. The number of hydrogen-bond donors (Lipinski definition) is 0. The van der Waals surface area contributed by atoms with Crippen molar-refractivity contribution in [3.8, 4) is 0 Å². The fourth-order valence-electron chi connectivity index (χ4n) is 3.15. The van der Waals surface area contributed by atoms with Crippen LogP contribution in [0.2, 0.25) is 0 Å². The van der Waals surface area contributed by atoms with Gasteiger partial charge in [0.25, 0.3) is 0 Å². The summed E-state index contributed by atoms with van der Waals surface area (Å²) in [6, 6.07) is 17.8. The molecule has 0 spiro atoms. The second-order valence-corrected chi connectivity index (χ2v) is 10.6. The molecule has 4 rings (SSSR count). The molecule has 2 nitrogen and oxygen atoms in total. The number of rotatable bonds is 10. The molecule has 2 fully saturated rings. The van der Waals surface area contributed by atoms with E-state index in [2.05, 4.69) is 62.4 Å². The third-order valence-corrected chi connectivity index (χ3v) is 7.18. The van der Waals surface area contributed by atoms with Gasteiger partial charge in [0.15, 0.2) is 0 Å². The van der Waals surface area contributed by atoms with Crippen molar-refractivity contribution in [3.63, 3.8) is 0 Å². The highest BCUT2D eigenvalue weighted by molar-refractivity contribution is 8.07. The van der Waals surface area contributed by atoms with E-state index in [-0.39, 0.29) is 5.41 Å². The molecule has 2 aromatic rings. The van der Waals surface area contributed by atoms with Crippen LogP contribution in [0.1, 0.15) is 36.1 Å². The summed E-state index contributed by atoms with van der Waals surface area (Å²) in [7, 11) is 0. The molecule has 144 valence electrons. The summed E-state index contributed by atoms with van der Waals surface area (Å²) in [6.45, 7) is 7.77. The van der Waals surface area contributed by atoms with E-state index in [1.807, 2.05) is 23.5 Å². The average molecular weight is 401 g/mol. The molecule has 2 aliphatic rings. The smallest absolute Gasteiger partial charge is 0.0717 e. The zero-order valence-electron chi connectivity index (χ0n) is 16.1. The Morgan fingerprint density at radius 1 is 0.741 bits per heavy atom. The summed E-state index contributed by atoms with van der Waals surface area (Å²) < 4.78 is 11.6. The molecule has 0 aromatic heterocycles. The molecule has 2 saturated heterocycles. The summed E-state index contributed by atoms with van der Waals surface area (Å²) in [5.74, 6) is 2.52. The standard InChI is InChI=1S/C23H28O2S2/c1-23(2,19-7-3-17(4-8-19)11-24-13-21-15-26-21)20-9-5-18(6-10-20)12-25-14-22-16-27-22/h3-10,21-22H,11-16H2,1-2H3. The van der Waals surface area contributed by atoms with Crippen molar-refractivity contribution in [1.82, 2.24) is 0 Å². The van der Waals surface area contributed by atoms with Crippen LogP contribution >= 0.6 is 23.5 Å². The van der Waals surface area contributed by atoms with Crippen LogP contribution in [0, 0.1) is 0 Å². The van der Waals surface area contributed by atoms with Gasteiger partial charge in [-0.3, -0.25) is 0 Å². The Kier molecular flexibility index (Phi) is 6.18. The van der Waals surface area contributed by atoms with Crippen molar-refractivity contribution >= 4 is 23.5 Å². The molecule has 4 heteroatoms. The van der Waals surface area contributed by atoms with Crippen molar-refractivity contribution in [1.29, 1.82) is 0 Å². The molecule has 2 atom stereocenters. The Balaban J connectivity index is 1.34. The van der Waals surface area contributed by atoms with Crippen LogP contribution in [0.15, 0.2) is 48.5 Å². The van der Waals surface area contributed by atoms with Crippen molar-refractivity contribution in [2.24, 2.45) is 0 Å². The number of thioether (sulfide) groups is 2. The number of hydrogen-bond acceptors (Lipinski definition) is 4. The topological polar surface area (TPSA) is 18.5 Å². The molecule has 0 radical (unpaired) electrons. The minimum Gasteiger partial charge on any atom is -0.376 e. The molecular weight excluding hydrogens is 372 g/mol. The Hall–Kier alpha value is -0.940. The van der Waals surface area contributed by atoms with E-state index in [1.54, 1.807) is 0 Å². The Morgan fingerprint density at radius 3 is 1.44 bits per heavy atom. The summed E-state index contributed by atoms with van der Waals surface area (Å²) in [6.07, 6.45) is 0. The van der Waals surface area contributed by atoms with Gasteiger partial charge in [-0.25, -0.2) is 0 Å².